The molecule has 1 aromatic carbocycles. The summed E-state index contributed by atoms with van der Waals surface area (Å²) in [6, 6.07) is 12.4. The first kappa shape index (κ1) is 18.4. The molecule has 11 heteroatoms. The van der Waals surface area contributed by atoms with Crippen molar-refractivity contribution < 1.29 is 14.6 Å². The van der Waals surface area contributed by atoms with Crippen molar-refractivity contribution in [2.75, 3.05) is 5.43 Å². The van der Waals surface area contributed by atoms with Gasteiger partial charge in [-0.3, -0.25) is 25.7 Å². The van der Waals surface area contributed by atoms with Crippen molar-refractivity contribution in [1.29, 1.82) is 0 Å². The van der Waals surface area contributed by atoms with E-state index in [2.05, 4.69) is 20.5 Å². The number of hydrazone groups is 1. The Hall–Kier alpha value is -4.41. The number of anilines is 1. The van der Waals surface area contributed by atoms with E-state index in [1.165, 1.54) is 30.5 Å². The lowest BCUT2D eigenvalue weighted by Crippen LogP contribution is -1.95. The summed E-state index contributed by atoms with van der Waals surface area (Å²) < 4.78 is 5.51. The molecule has 0 unspecified atom stereocenters. The van der Waals surface area contributed by atoms with Gasteiger partial charge in [0.2, 0.25) is 5.88 Å². The van der Waals surface area contributed by atoms with Crippen molar-refractivity contribution in [3.8, 4) is 11.6 Å². The molecule has 2 aromatic heterocycles. The number of nitro groups is 2. The van der Waals surface area contributed by atoms with E-state index >= 15 is 0 Å². The second-order valence-electron chi connectivity index (χ2n) is 5.31. The monoisotopic (exact) mass is 380 g/mol. The molecule has 0 amide bonds. The lowest BCUT2D eigenvalue weighted by atomic mass is 10.2. The standard InChI is InChI=1S/C17H12N6O5/c24-22(25)13-3-7-16(18-10-13)21-20-9-12-1-5-15(6-2-12)28-17-8-4-14(11-19-17)23(26)27/h1-11H,(H,18,21)/b20-9-. The van der Waals surface area contributed by atoms with Gasteiger partial charge in [-0.2, -0.15) is 5.10 Å². The molecule has 0 saturated heterocycles. The van der Waals surface area contributed by atoms with Gasteiger partial charge in [-0.25, -0.2) is 9.97 Å². The van der Waals surface area contributed by atoms with Gasteiger partial charge in [-0.15, -0.1) is 0 Å². The summed E-state index contributed by atoms with van der Waals surface area (Å²) in [4.78, 5) is 27.8. The first-order chi connectivity index (χ1) is 13.5. The van der Waals surface area contributed by atoms with Crippen LogP contribution in [0.1, 0.15) is 5.56 Å². The number of hydrogen-bond acceptors (Lipinski definition) is 9. The summed E-state index contributed by atoms with van der Waals surface area (Å²) in [7, 11) is 0. The summed E-state index contributed by atoms with van der Waals surface area (Å²) in [6.45, 7) is 0. The zero-order valence-corrected chi connectivity index (χ0v) is 14.1. The van der Waals surface area contributed by atoms with Crippen LogP contribution in [0.4, 0.5) is 17.2 Å². The molecule has 1 N–H and O–H groups in total. The van der Waals surface area contributed by atoms with Gasteiger partial charge in [0.1, 0.15) is 24.0 Å². The summed E-state index contributed by atoms with van der Waals surface area (Å²) in [6.07, 6.45) is 3.79. The third-order valence-corrected chi connectivity index (χ3v) is 3.39. The Balaban J connectivity index is 1.57. The molecule has 3 aromatic rings. The maximum atomic E-state index is 10.6. The van der Waals surface area contributed by atoms with E-state index in [9.17, 15) is 20.2 Å². The molecular formula is C17H12N6O5. The average molecular weight is 380 g/mol. The minimum atomic E-state index is -0.537. The molecule has 0 fully saturated rings. The highest BCUT2D eigenvalue weighted by Gasteiger charge is 2.06. The Kier molecular flexibility index (Phi) is 5.46. The fraction of sp³-hybridized carbons (Fsp3) is 0. The summed E-state index contributed by atoms with van der Waals surface area (Å²) in [5.41, 5.74) is 3.21. The summed E-state index contributed by atoms with van der Waals surface area (Å²) >= 11 is 0. The maximum Gasteiger partial charge on any atom is 0.287 e. The van der Waals surface area contributed by atoms with E-state index in [0.29, 0.717) is 11.6 Å². The number of ether oxygens (including phenoxy) is 1. The van der Waals surface area contributed by atoms with Gasteiger partial charge in [-0.05, 0) is 35.9 Å². The minimum Gasteiger partial charge on any atom is -0.439 e. The van der Waals surface area contributed by atoms with Gasteiger partial charge in [0, 0.05) is 18.2 Å². The largest absolute Gasteiger partial charge is 0.439 e. The molecule has 11 nitrogen and oxygen atoms in total. The first-order valence-electron chi connectivity index (χ1n) is 7.79. The van der Waals surface area contributed by atoms with Crippen molar-refractivity contribution in [3.63, 3.8) is 0 Å². The molecule has 0 saturated carbocycles. The van der Waals surface area contributed by atoms with Crippen molar-refractivity contribution in [1.82, 2.24) is 9.97 Å². The predicted octanol–water partition coefficient (Wildman–Crippen LogP) is 3.53. The van der Waals surface area contributed by atoms with Crippen molar-refractivity contribution >= 4 is 23.4 Å². The maximum absolute atomic E-state index is 10.6. The smallest absolute Gasteiger partial charge is 0.287 e. The van der Waals surface area contributed by atoms with Crippen LogP contribution in [0.2, 0.25) is 0 Å². The summed E-state index contributed by atoms with van der Waals surface area (Å²) in [5.74, 6) is 1.10. The van der Waals surface area contributed by atoms with Crippen molar-refractivity contribution in [3.05, 3.63) is 86.7 Å². The van der Waals surface area contributed by atoms with Crippen molar-refractivity contribution in [2.45, 2.75) is 0 Å². The molecule has 2 heterocycles. The Morgan fingerprint density at radius 3 is 2.07 bits per heavy atom. The number of nitrogens with one attached hydrogen (secondary N) is 1. The van der Waals surface area contributed by atoms with Crippen LogP contribution in [-0.4, -0.2) is 26.0 Å². The van der Waals surface area contributed by atoms with Gasteiger partial charge in [-0.1, -0.05) is 0 Å². The van der Waals surface area contributed by atoms with Crippen LogP contribution < -0.4 is 10.2 Å². The Morgan fingerprint density at radius 1 is 0.893 bits per heavy atom. The van der Waals surface area contributed by atoms with Crippen LogP contribution in [0.5, 0.6) is 11.6 Å². The van der Waals surface area contributed by atoms with Crippen LogP contribution in [0.25, 0.3) is 0 Å². The normalized spacial score (nSPS) is 10.6. The topological polar surface area (TPSA) is 146 Å². The van der Waals surface area contributed by atoms with E-state index in [1.807, 2.05) is 0 Å². The van der Waals surface area contributed by atoms with Gasteiger partial charge < -0.3 is 4.74 Å². The van der Waals surface area contributed by atoms with Gasteiger partial charge in [0.05, 0.1) is 16.1 Å². The minimum absolute atomic E-state index is 0.104. The highest BCUT2D eigenvalue weighted by molar-refractivity contribution is 5.80. The lowest BCUT2D eigenvalue weighted by Gasteiger charge is -2.04. The molecule has 0 aliphatic rings. The third kappa shape index (κ3) is 4.82. The summed E-state index contributed by atoms with van der Waals surface area (Å²) in [5, 5.41) is 25.2. The fourth-order valence-electron chi connectivity index (χ4n) is 2.02. The Labute approximate surface area is 157 Å². The Bertz CT molecular complexity index is 1000. The van der Waals surface area contributed by atoms with E-state index in [-0.39, 0.29) is 17.3 Å². The zero-order chi connectivity index (χ0) is 19.9. The molecule has 0 spiro atoms. The average Bonchev–Trinajstić information content (AvgIpc) is 2.70. The fourth-order valence-corrected chi connectivity index (χ4v) is 2.02. The SMILES string of the molecule is O=[N+]([O-])c1ccc(N/N=C\c2ccc(Oc3ccc([N+](=O)[O-])cn3)cc2)nc1. The van der Waals surface area contributed by atoms with Gasteiger partial charge in [0.25, 0.3) is 11.4 Å². The number of nitrogens with zero attached hydrogens (tertiary/aromatic N) is 5. The van der Waals surface area contributed by atoms with Crippen LogP contribution in [0.15, 0.2) is 66.0 Å². The molecule has 0 radical (unpaired) electrons. The van der Waals surface area contributed by atoms with Gasteiger partial charge in [0.15, 0.2) is 0 Å². The predicted molar refractivity (Wildman–Crippen MR) is 99.5 cm³/mol. The quantitative estimate of drug-likeness (QED) is 0.372. The first-order valence-corrected chi connectivity index (χ1v) is 7.79. The van der Waals surface area contributed by atoms with E-state index in [0.717, 1.165) is 18.0 Å². The van der Waals surface area contributed by atoms with Crippen LogP contribution in [0, 0.1) is 20.2 Å². The van der Waals surface area contributed by atoms with Crippen LogP contribution >= 0.6 is 0 Å². The van der Waals surface area contributed by atoms with E-state index in [1.54, 1.807) is 24.3 Å². The number of benzene rings is 1. The number of rotatable bonds is 7. The molecule has 0 aliphatic carbocycles. The molecule has 140 valence electrons. The van der Waals surface area contributed by atoms with Crippen molar-refractivity contribution in [2.24, 2.45) is 5.10 Å². The number of hydrogen-bond donors (Lipinski definition) is 1. The molecule has 3 rings (SSSR count). The number of aromatic nitrogens is 2. The second-order valence-corrected chi connectivity index (χ2v) is 5.31. The number of pyridine rings is 2. The molecule has 0 aliphatic heterocycles. The zero-order valence-electron chi connectivity index (χ0n) is 14.1. The lowest BCUT2D eigenvalue weighted by molar-refractivity contribution is -0.385. The van der Waals surface area contributed by atoms with Crippen LogP contribution in [0.3, 0.4) is 0 Å². The molecule has 28 heavy (non-hydrogen) atoms. The second kappa shape index (κ2) is 8.31. The van der Waals surface area contributed by atoms with Crippen LogP contribution in [-0.2, 0) is 0 Å². The third-order valence-electron chi connectivity index (χ3n) is 3.39. The van der Waals surface area contributed by atoms with Gasteiger partial charge >= 0.3 is 0 Å². The molecule has 0 bridgehead atoms. The highest BCUT2D eigenvalue weighted by Crippen LogP contribution is 2.21. The highest BCUT2D eigenvalue weighted by atomic mass is 16.6. The molecule has 0 atom stereocenters. The molecular weight excluding hydrogens is 368 g/mol. The van der Waals surface area contributed by atoms with E-state index < -0.39 is 9.85 Å². The van der Waals surface area contributed by atoms with E-state index in [4.69, 9.17) is 4.74 Å². The Morgan fingerprint density at radius 2 is 1.54 bits per heavy atom.